The van der Waals surface area contributed by atoms with Crippen molar-refractivity contribution in [2.24, 2.45) is 5.14 Å². The van der Waals surface area contributed by atoms with Crippen LogP contribution >= 0.6 is 0 Å². The fraction of sp³-hybridized carbons (Fsp3) is 0.250. The first-order valence-corrected chi connectivity index (χ1v) is 5.41. The third-order valence-electron chi connectivity index (χ3n) is 1.83. The molecule has 0 spiro atoms. The molecule has 1 aromatic rings. The van der Waals surface area contributed by atoms with E-state index in [9.17, 15) is 8.42 Å². The normalized spacial score (nSPS) is 11.5. The van der Waals surface area contributed by atoms with Gasteiger partial charge in [0.15, 0.2) is 0 Å². The Hall–Kier alpha value is -1.07. The number of primary sulfonamides is 1. The molecule has 1 aromatic carbocycles. The molecular formula is C8H12N2O2S. The number of hydrogen-bond acceptors (Lipinski definition) is 3. The minimum absolute atomic E-state index is 0.120. The lowest BCUT2D eigenvalue weighted by Gasteiger charge is -2.07. The lowest BCUT2D eigenvalue weighted by molar-refractivity contribution is 0.597. The summed E-state index contributed by atoms with van der Waals surface area (Å²) in [5.41, 5.74) is 6.66. The van der Waals surface area contributed by atoms with Crippen molar-refractivity contribution < 1.29 is 8.42 Å². The molecule has 0 aliphatic carbocycles. The lowest BCUT2D eigenvalue weighted by Crippen LogP contribution is -2.15. The predicted octanol–water partition coefficient (Wildman–Crippen LogP) is 0.479. The van der Waals surface area contributed by atoms with Gasteiger partial charge in [-0.2, -0.15) is 0 Å². The molecule has 0 saturated carbocycles. The van der Waals surface area contributed by atoms with Gasteiger partial charge in [-0.15, -0.1) is 0 Å². The SMILES string of the molecule is CCc1c(N)cccc1S(N)(=O)=O. The van der Waals surface area contributed by atoms with E-state index in [1.54, 1.807) is 12.1 Å². The summed E-state index contributed by atoms with van der Waals surface area (Å²) in [5.74, 6) is 0. The Morgan fingerprint density at radius 3 is 2.38 bits per heavy atom. The molecular weight excluding hydrogens is 188 g/mol. The van der Waals surface area contributed by atoms with E-state index in [-0.39, 0.29) is 4.90 Å². The fourth-order valence-corrected chi connectivity index (χ4v) is 2.10. The number of sulfonamides is 1. The lowest BCUT2D eigenvalue weighted by atomic mass is 10.1. The van der Waals surface area contributed by atoms with Gasteiger partial charge in [0, 0.05) is 5.69 Å². The smallest absolute Gasteiger partial charge is 0.238 e. The number of rotatable bonds is 2. The summed E-state index contributed by atoms with van der Waals surface area (Å²) < 4.78 is 22.2. The fourth-order valence-electron chi connectivity index (χ4n) is 1.23. The van der Waals surface area contributed by atoms with Gasteiger partial charge in [-0.1, -0.05) is 13.0 Å². The minimum Gasteiger partial charge on any atom is -0.398 e. The standard InChI is InChI=1S/C8H12N2O2S/c1-2-6-7(9)4-3-5-8(6)13(10,11)12/h3-5H,2,9H2,1H3,(H2,10,11,12). The highest BCUT2D eigenvalue weighted by Crippen LogP contribution is 2.20. The molecule has 0 bridgehead atoms. The predicted molar refractivity (Wildman–Crippen MR) is 51.6 cm³/mol. The van der Waals surface area contributed by atoms with Crippen LogP contribution in [0.2, 0.25) is 0 Å². The molecule has 4 nitrogen and oxygen atoms in total. The Morgan fingerprint density at radius 1 is 1.38 bits per heavy atom. The number of nitrogen functional groups attached to an aromatic ring is 1. The second kappa shape index (κ2) is 3.35. The van der Waals surface area contributed by atoms with Crippen molar-refractivity contribution in [2.75, 3.05) is 5.73 Å². The first-order chi connectivity index (χ1) is 5.96. The summed E-state index contributed by atoms with van der Waals surface area (Å²) in [6.45, 7) is 1.83. The zero-order valence-corrected chi connectivity index (χ0v) is 8.14. The van der Waals surface area contributed by atoms with E-state index in [0.717, 1.165) is 0 Å². The zero-order chi connectivity index (χ0) is 10.1. The summed E-state index contributed by atoms with van der Waals surface area (Å²) in [6, 6.07) is 4.70. The molecule has 4 N–H and O–H groups in total. The largest absolute Gasteiger partial charge is 0.398 e. The average Bonchev–Trinajstić information content (AvgIpc) is 2.02. The van der Waals surface area contributed by atoms with Crippen molar-refractivity contribution in [3.63, 3.8) is 0 Å². The molecule has 0 aromatic heterocycles. The van der Waals surface area contributed by atoms with Crippen LogP contribution in [0, 0.1) is 0 Å². The van der Waals surface area contributed by atoms with Crippen molar-refractivity contribution in [3.8, 4) is 0 Å². The molecule has 13 heavy (non-hydrogen) atoms. The number of benzene rings is 1. The van der Waals surface area contributed by atoms with Crippen LogP contribution in [0.1, 0.15) is 12.5 Å². The monoisotopic (exact) mass is 200 g/mol. The van der Waals surface area contributed by atoms with Crippen LogP contribution in [-0.4, -0.2) is 8.42 Å². The van der Waals surface area contributed by atoms with Crippen LogP contribution in [-0.2, 0) is 16.4 Å². The third kappa shape index (κ3) is 1.99. The van der Waals surface area contributed by atoms with E-state index in [4.69, 9.17) is 10.9 Å². The maximum Gasteiger partial charge on any atom is 0.238 e. The molecule has 0 radical (unpaired) electrons. The van der Waals surface area contributed by atoms with Gasteiger partial charge in [0.1, 0.15) is 0 Å². The molecule has 1 rings (SSSR count). The highest BCUT2D eigenvalue weighted by Gasteiger charge is 2.13. The Balaban J connectivity index is 3.47. The van der Waals surface area contributed by atoms with Crippen molar-refractivity contribution in [1.29, 1.82) is 0 Å². The van der Waals surface area contributed by atoms with Crippen molar-refractivity contribution in [1.82, 2.24) is 0 Å². The highest BCUT2D eigenvalue weighted by molar-refractivity contribution is 7.89. The number of anilines is 1. The topological polar surface area (TPSA) is 86.2 Å². The Labute approximate surface area is 77.6 Å². The third-order valence-corrected chi connectivity index (χ3v) is 2.82. The summed E-state index contributed by atoms with van der Waals surface area (Å²) in [5, 5.41) is 5.02. The molecule has 0 aliphatic rings. The Bertz CT molecular complexity index is 412. The maximum absolute atomic E-state index is 11.1. The van der Waals surface area contributed by atoms with Crippen molar-refractivity contribution in [3.05, 3.63) is 23.8 Å². The summed E-state index contributed by atoms with van der Waals surface area (Å²) in [6.07, 6.45) is 0.554. The van der Waals surface area contributed by atoms with E-state index in [1.165, 1.54) is 6.07 Å². The first kappa shape index (κ1) is 10.0. The first-order valence-electron chi connectivity index (χ1n) is 3.87. The quantitative estimate of drug-likeness (QED) is 0.681. The molecule has 5 heteroatoms. The van der Waals surface area contributed by atoms with E-state index in [0.29, 0.717) is 17.7 Å². The molecule has 72 valence electrons. The molecule has 0 saturated heterocycles. The van der Waals surface area contributed by atoms with Crippen LogP contribution in [0.25, 0.3) is 0 Å². The zero-order valence-electron chi connectivity index (χ0n) is 7.32. The number of hydrogen-bond donors (Lipinski definition) is 2. The van der Waals surface area contributed by atoms with Gasteiger partial charge in [-0.05, 0) is 24.1 Å². The van der Waals surface area contributed by atoms with E-state index in [1.807, 2.05) is 6.92 Å². The molecule has 0 fully saturated rings. The summed E-state index contributed by atoms with van der Waals surface area (Å²) >= 11 is 0. The van der Waals surface area contributed by atoms with Gasteiger partial charge in [-0.3, -0.25) is 0 Å². The van der Waals surface area contributed by atoms with Gasteiger partial charge in [0.05, 0.1) is 4.90 Å². The highest BCUT2D eigenvalue weighted by atomic mass is 32.2. The second-order valence-electron chi connectivity index (χ2n) is 2.72. The number of nitrogens with two attached hydrogens (primary N) is 2. The molecule has 0 atom stereocenters. The maximum atomic E-state index is 11.1. The summed E-state index contributed by atoms with van der Waals surface area (Å²) in [7, 11) is -3.65. The van der Waals surface area contributed by atoms with E-state index < -0.39 is 10.0 Å². The van der Waals surface area contributed by atoms with Crippen LogP contribution in [0.5, 0.6) is 0 Å². The second-order valence-corrected chi connectivity index (χ2v) is 4.25. The van der Waals surface area contributed by atoms with E-state index >= 15 is 0 Å². The van der Waals surface area contributed by atoms with Gasteiger partial charge >= 0.3 is 0 Å². The van der Waals surface area contributed by atoms with Gasteiger partial charge in [0.25, 0.3) is 0 Å². The van der Waals surface area contributed by atoms with Crippen LogP contribution in [0.4, 0.5) is 5.69 Å². The molecule has 0 heterocycles. The van der Waals surface area contributed by atoms with Gasteiger partial charge < -0.3 is 5.73 Å². The minimum atomic E-state index is -3.65. The van der Waals surface area contributed by atoms with Crippen LogP contribution in [0.15, 0.2) is 23.1 Å². The summed E-state index contributed by atoms with van der Waals surface area (Å²) in [4.78, 5) is 0.120. The van der Waals surface area contributed by atoms with Gasteiger partial charge in [-0.25, -0.2) is 13.6 Å². The van der Waals surface area contributed by atoms with E-state index in [2.05, 4.69) is 0 Å². The average molecular weight is 200 g/mol. The van der Waals surface area contributed by atoms with Crippen LogP contribution < -0.4 is 10.9 Å². The molecule has 0 amide bonds. The molecule has 0 unspecified atom stereocenters. The Morgan fingerprint density at radius 2 is 2.00 bits per heavy atom. The van der Waals surface area contributed by atoms with Crippen molar-refractivity contribution >= 4 is 15.7 Å². The van der Waals surface area contributed by atoms with Crippen LogP contribution in [0.3, 0.4) is 0 Å². The van der Waals surface area contributed by atoms with Crippen molar-refractivity contribution in [2.45, 2.75) is 18.2 Å². The molecule has 0 aliphatic heterocycles. The Kier molecular flexibility index (Phi) is 2.58. The van der Waals surface area contributed by atoms with Gasteiger partial charge in [0.2, 0.25) is 10.0 Å².